The van der Waals surface area contributed by atoms with E-state index in [0.29, 0.717) is 76.8 Å². The van der Waals surface area contributed by atoms with Gasteiger partial charge in [-0.2, -0.15) is 0 Å². The Bertz CT molecular complexity index is 2420. The van der Waals surface area contributed by atoms with Crippen molar-refractivity contribution in [1.82, 2.24) is 9.88 Å². The predicted octanol–water partition coefficient (Wildman–Crippen LogP) is 5.51. The number of methoxy groups -OCH3 is 3. The molecule has 0 saturated carbocycles. The third-order valence-electron chi connectivity index (χ3n) is 10.9. The van der Waals surface area contributed by atoms with Gasteiger partial charge in [-0.15, -0.1) is 0 Å². The van der Waals surface area contributed by atoms with Gasteiger partial charge in [-0.1, -0.05) is 41.5 Å². The lowest BCUT2D eigenvalue weighted by Crippen LogP contribution is -2.52. The van der Waals surface area contributed by atoms with Crippen molar-refractivity contribution in [1.29, 1.82) is 0 Å². The molecule has 4 aromatic carbocycles. The predicted molar refractivity (Wildman–Crippen MR) is 238 cm³/mol. The van der Waals surface area contributed by atoms with Crippen molar-refractivity contribution < 1.29 is 67.0 Å². The Morgan fingerprint density at radius 3 is 2.14 bits per heavy atom. The number of phenols is 1. The van der Waals surface area contributed by atoms with Gasteiger partial charge in [0.25, 0.3) is 6.47 Å². The second kappa shape index (κ2) is 22.9. The fraction of sp³-hybridized carbons (Fsp3) is 0.354. The summed E-state index contributed by atoms with van der Waals surface area (Å²) in [6.07, 6.45) is 1.17. The van der Waals surface area contributed by atoms with Gasteiger partial charge in [-0.05, 0) is 87.2 Å². The Labute approximate surface area is 376 Å². The fourth-order valence-corrected chi connectivity index (χ4v) is 7.36. The fourth-order valence-electron chi connectivity index (χ4n) is 7.36. The summed E-state index contributed by atoms with van der Waals surface area (Å²) in [5.41, 5.74) is 11.0. The molecular formula is C48H55N3O14. The van der Waals surface area contributed by atoms with E-state index in [-0.39, 0.29) is 57.5 Å². The number of carbonyl (C=O) groups is 5. The summed E-state index contributed by atoms with van der Waals surface area (Å²) in [5.74, 6) is 0.232. The first-order valence-corrected chi connectivity index (χ1v) is 20.7. The molecule has 1 aliphatic heterocycles. The maximum atomic E-state index is 12.9. The van der Waals surface area contributed by atoms with Crippen LogP contribution in [0.4, 0.5) is 0 Å². The van der Waals surface area contributed by atoms with Gasteiger partial charge in [0.1, 0.15) is 12.4 Å². The number of carbonyl (C=O) groups excluding carboxylic acids is 5. The highest BCUT2D eigenvalue weighted by molar-refractivity contribution is 5.94. The Morgan fingerprint density at radius 2 is 1.52 bits per heavy atom. The van der Waals surface area contributed by atoms with Crippen LogP contribution in [0.2, 0.25) is 0 Å². The SMILES string of the molecule is COc1ccc2c(c1)c(CC(=O)NCCOC(=O)CCC(=O)OC1(N)c3cc4c(cc3CCC1COC=O)OCO4)c(C)n2C=O.COc1cccc(OC)c1O.Cc1ccc(C)cc1. The Hall–Kier alpha value is -7.27. The highest BCUT2D eigenvalue weighted by Gasteiger charge is 2.46. The normalized spacial score (nSPS) is 15.4. The molecule has 0 radical (unpaired) electrons. The molecule has 7 rings (SSSR count). The third-order valence-corrected chi connectivity index (χ3v) is 10.9. The number of aryl methyl sites for hydroxylation is 3. The minimum atomic E-state index is -1.63. The standard InChI is InChI=1S/C32H35N3O11.C8H10O3.C8H10/c1-19-23(24-12-22(41-2)5-6-26(24)35(19)16-36)13-29(38)34-9-10-43-30(39)7-8-31(40)46-32(33)21(15-42-17-37)4-3-20-11-27-28(14-25(20)32)45-18-44-27;1-10-6-4-3-5-7(11-2)8(6)9;1-7-3-5-8(2)6-4-7/h5-6,11-12,14,16-17,21H,3-4,7-10,13,15,18,33H2,1-2H3,(H,34,38);3-5,9H,1-2H3;3-6H,1-2H3. The number of ether oxygens (including phenoxy) is 8. The molecule has 17 heteroatoms. The van der Waals surface area contributed by atoms with Gasteiger partial charge >= 0.3 is 11.9 Å². The minimum Gasteiger partial charge on any atom is -0.502 e. The summed E-state index contributed by atoms with van der Waals surface area (Å²) in [6, 6.07) is 22.3. The van der Waals surface area contributed by atoms with Gasteiger partial charge in [-0.25, -0.2) is 0 Å². The average molecular weight is 898 g/mol. The molecule has 5 aromatic rings. The number of nitrogens with two attached hydrogens (primary N) is 1. The van der Waals surface area contributed by atoms with Crippen LogP contribution in [0.15, 0.2) is 72.8 Å². The van der Waals surface area contributed by atoms with Crippen molar-refractivity contribution in [3.8, 4) is 34.5 Å². The van der Waals surface area contributed by atoms with Gasteiger partial charge in [0.05, 0.1) is 65.2 Å². The summed E-state index contributed by atoms with van der Waals surface area (Å²) >= 11 is 0. The zero-order chi connectivity index (χ0) is 47.1. The molecule has 65 heavy (non-hydrogen) atoms. The number of aromatic hydroxyl groups is 1. The monoisotopic (exact) mass is 897 g/mol. The van der Waals surface area contributed by atoms with Crippen molar-refractivity contribution in [3.63, 3.8) is 0 Å². The number of para-hydroxylation sites is 1. The van der Waals surface area contributed by atoms with Crippen LogP contribution in [0.5, 0.6) is 34.5 Å². The molecule has 2 aliphatic rings. The molecule has 0 saturated heterocycles. The Morgan fingerprint density at radius 1 is 0.877 bits per heavy atom. The largest absolute Gasteiger partial charge is 0.502 e. The number of aromatic nitrogens is 1. The lowest BCUT2D eigenvalue weighted by molar-refractivity contribution is -0.174. The smallest absolute Gasteiger partial charge is 0.308 e. The Kier molecular flexibility index (Phi) is 17.2. The number of fused-ring (bicyclic) bond motifs is 3. The van der Waals surface area contributed by atoms with Gasteiger partial charge < -0.3 is 48.3 Å². The molecule has 0 fully saturated rings. The molecule has 346 valence electrons. The molecule has 1 amide bonds. The van der Waals surface area contributed by atoms with E-state index in [2.05, 4.69) is 43.4 Å². The molecule has 2 heterocycles. The highest BCUT2D eigenvalue weighted by Crippen LogP contribution is 2.45. The van der Waals surface area contributed by atoms with Gasteiger partial charge in [0.2, 0.25) is 24.9 Å². The van der Waals surface area contributed by atoms with Crippen LogP contribution in [0.3, 0.4) is 0 Å². The zero-order valence-corrected chi connectivity index (χ0v) is 37.3. The molecule has 1 aliphatic carbocycles. The number of nitrogens with zero attached hydrogens (tertiary/aromatic N) is 1. The van der Waals surface area contributed by atoms with Crippen LogP contribution in [0.1, 0.15) is 52.8 Å². The first kappa shape index (κ1) is 48.8. The molecule has 4 N–H and O–H groups in total. The van der Waals surface area contributed by atoms with E-state index < -0.39 is 23.6 Å². The maximum Gasteiger partial charge on any atom is 0.308 e. The third kappa shape index (κ3) is 12.3. The van der Waals surface area contributed by atoms with Crippen LogP contribution in [-0.4, -0.2) is 88.3 Å². The lowest BCUT2D eigenvalue weighted by Gasteiger charge is -2.41. The van der Waals surface area contributed by atoms with Crippen molar-refractivity contribution in [2.45, 2.75) is 58.6 Å². The summed E-state index contributed by atoms with van der Waals surface area (Å²) in [6.45, 7) is 6.17. The van der Waals surface area contributed by atoms with E-state index in [0.717, 1.165) is 10.9 Å². The van der Waals surface area contributed by atoms with Gasteiger partial charge in [0, 0.05) is 16.6 Å². The first-order valence-electron chi connectivity index (χ1n) is 20.7. The number of nitrogens with one attached hydrogen (secondary N) is 1. The van der Waals surface area contributed by atoms with E-state index in [1.54, 1.807) is 55.5 Å². The number of hydrogen-bond donors (Lipinski definition) is 3. The van der Waals surface area contributed by atoms with Crippen molar-refractivity contribution >= 4 is 41.6 Å². The lowest BCUT2D eigenvalue weighted by atomic mass is 9.77. The van der Waals surface area contributed by atoms with Gasteiger partial charge in [0.15, 0.2) is 28.7 Å². The molecular weight excluding hydrogens is 843 g/mol. The van der Waals surface area contributed by atoms with E-state index in [9.17, 15) is 29.1 Å². The summed E-state index contributed by atoms with van der Waals surface area (Å²) in [5, 5.41) is 12.8. The quantitative estimate of drug-likeness (QED) is 0.0365. The number of esters is 2. The first-order chi connectivity index (χ1) is 31.3. The maximum absolute atomic E-state index is 12.9. The topological polar surface area (TPSA) is 222 Å². The number of amides is 1. The van der Waals surface area contributed by atoms with Gasteiger partial charge in [-0.3, -0.25) is 34.3 Å². The molecule has 2 unspecified atom stereocenters. The van der Waals surface area contributed by atoms with Crippen molar-refractivity contribution in [3.05, 3.63) is 106 Å². The van der Waals surface area contributed by atoms with Crippen LogP contribution in [0.25, 0.3) is 10.9 Å². The van der Waals surface area contributed by atoms with E-state index in [1.165, 1.54) is 37.0 Å². The second-order valence-electron chi connectivity index (χ2n) is 15.1. The van der Waals surface area contributed by atoms with Crippen LogP contribution >= 0.6 is 0 Å². The zero-order valence-electron chi connectivity index (χ0n) is 37.3. The molecule has 2 atom stereocenters. The molecule has 17 nitrogen and oxygen atoms in total. The summed E-state index contributed by atoms with van der Waals surface area (Å²) in [4.78, 5) is 60.5. The molecule has 0 bridgehead atoms. The summed E-state index contributed by atoms with van der Waals surface area (Å²) < 4.78 is 43.3. The molecule has 0 spiro atoms. The number of phenolic OH excluding ortho intramolecular Hbond substituents is 1. The van der Waals surface area contributed by atoms with Crippen LogP contribution in [-0.2, 0) is 56.7 Å². The van der Waals surface area contributed by atoms with Crippen LogP contribution < -0.4 is 34.7 Å². The number of hydrogen-bond acceptors (Lipinski definition) is 15. The molecule has 1 aromatic heterocycles. The number of benzene rings is 4. The highest BCUT2D eigenvalue weighted by atomic mass is 16.7. The average Bonchev–Trinajstić information content (AvgIpc) is 3.88. The number of rotatable bonds is 16. The van der Waals surface area contributed by atoms with E-state index in [4.69, 9.17) is 43.6 Å². The second-order valence-corrected chi connectivity index (χ2v) is 15.1. The minimum absolute atomic E-state index is 0.000925. The van der Waals surface area contributed by atoms with E-state index >= 15 is 0 Å². The van der Waals surface area contributed by atoms with Crippen LogP contribution in [0, 0.1) is 26.7 Å². The Balaban J connectivity index is 0.000000342. The van der Waals surface area contributed by atoms with Crippen molar-refractivity contribution in [2.75, 3.05) is 47.9 Å². The van der Waals surface area contributed by atoms with Crippen molar-refractivity contribution in [2.24, 2.45) is 11.7 Å². The summed E-state index contributed by atoms with van der Waals surface area (Å²) in [7, 11) is 4.52. The van der Waals surface area contributed by atoms with E-state index in [1.807, 2.05) is 0 Å².